The van der Waals surface area contributed by atoms with Crippen LogP contribution in [0.4, 0.5) is 5.69 Å². The Kier molecular flexibility index (Phi) is 4.23. The summed E-state index contributed by atoms with van der Waals surface area (Å²) in [7, 11) is 0. The largest absolute Gasteiger partial charge is 0.370 e. The number of rotatable bonds is 3. The van der Waals surface area contributed by atoms with Crippen LogP contribution in [0, 0.1) is 11.8 Å². The minimum atomic E-state index is 0.0678. The molecular formula is C15H25N3. The Balaban J connectivity index is 2.09. The number of hydrogen-bond donors (Lipinski definition) is 1. The normalized spacial score (nSPS) is 26.1. The van der Waals surface area contributed by atoms with E-state index in [9.17, 15) is 0 Å². The van der Waals surface area contributed by atoms with Crippen LogP contribution in [0.2, 0.25) is 0 Å². The fourth-order valence-electron chi connectivity index (χ4n) is 2.89. The maximum Gasteiger partial charge on any atom is 0.0572 e. The summed E-state index contributed by atoms with van der Waals surface area (Å²) in [4.78, 5) is 6.96. The van der Waals surface area contributed by atoms with Crippen LogP contribution in [-0.2, 0) is 0 Å². The first-order valence-corrected chi connectivity index (χ1v) is 7.06. The predicted molar refractivity (Wildman–Crippen MR) is 76.6 cm³/mol. The first kappa shape index (κ1) is 13.3. The molecule has 1 aliphatic heterocycles. The van der Waals surface area contributed by atoms with E-state index in [4.69, 9.17) is 5.73 Å². The topological polar surface area (TPSA) is 42.1 Å². The summed E-state index contributed by atoms with van der Waals surface area (Å²) in [5, 5.41) is 0. The fraction of sp³-hybridized carbons (Fsp3) is 0.667. The lowest BCUT2D eigenvalue weighted by atomic mass is 9.91. The van der Waals surface area contributed by atoms with Crippen LogP contribution < -0.4 is 10.6 Å². The molecule has 3 unspecified atom stereocenters. The average molecular weight is 247 g/mol. The van der Waals surface area contributed by atoms with E-state index in [1.165, 1.54) is 12.1 Å². The molecule has 2 heterocycles. The van der Waals surface area contributed by atoms with Gasteiger partial charge in [0.05, 0.1) is 17.6 Å². The third-order valence-electron chi connectivity index (χ3n) is 3.82. The molecule has 1 saturated heterocycles. The van der Waals surface area contributed by atoms with Gasteiger partial charge in [0.15, 0.2) is 0 Å². The number of hydrogen-bond acceptors (Lipinski definition) is 3. The Morgan fingerprint density at radius 3 is 2.50 bits per heavy atom. The highest BCUT2D eigenvalue weighted by Gasteiger charge is 2.22. The number of nitrogens with two attached hydrogens (primary N) is 1. The second-order valence-corrected chi connectivity index (χ2v) is 5.81. The zero-order valence-corrected chi connectivity index (χ0v) is 11.8. The zero-order chi connectivity index (χ0) is 13.1. The van der Waals surface area contributed by atoms with Crippen molar-refractivity contribution in [2.24, 2.45) is 17.6 Å². The van der Waals surface area contributed by atoms with Crippen molar-refractivity contribution in [1.82, 2.24) is 4.98 Å². The molecule has 0 aliphatic carbocycles. The smallest absolute Gasteiger partial charge is 0.0572 e. The molecular weight excluding hydrogens is 222 g/mol. The minimum Gasteiger partial charge on any atom is -0.370 e. The standard InChI is InChI=1S/C15H25N3/c1-4-14(16)15-6-5-13(8-17-15)18-9-11(2)7-12(3)10-18/h5-6,8,11-12,14H,4,7,9-10,16H2,1-3H3. The first-order valence-electron chi connectivity index (χ1n) is 7.06. The third kappa shape index (κ3) is 3.02. The van der Waals surface area contributed by atoms with Crippen molar-refractivity contribution >= 4 is 5.69 Å². The van der Waals surface area contributed by atoms with Crippen LogP contribution in [0.25, 0.3) is 0 Å². The number of anilines is 1. The highest BCUT2D eigenvalue weighted by Crippen LogP contribution is 2.26. The van der Waals surface area contributed by atoms with E-state index in [0.717, 1.165) is 37.0 Å². The van der Waals surface area contributed by atoms with Gasteiger partial charge in [-0.15, -0.1) is 0 Å². The SMILES string of the molecule is CCC(N)c1ccc(N2CC(C)CC(C)C2)cn1. The first-order chi connectivity index (χ1) is 8.60. The van der Waals surface area contributed by atoms with Crippen LogP contribution >= 0.6 is 0 Å². The minimum absolute atomic E-state index is 0.0678. The van der Waals surface area contributed by atoms with Gasteiger partial charge in [0.2, 0.25) is 0 Å². The Hall–Kier alpha value is -1.09. The maximum atomic E-state index is 5.99. The predicted octanol–water partition coefficient (Wildman–Crippen LogP) is 2.97. The van der Waals surface area contributed by atoms with Crippen molar-refractivity contribution in [2.75, 3.05) is 18.0 Å². The Bertz CT molecular complexity index is 364. The summed E-state index contributed by atoms with van der Waals surface area (Å²) in [6.45, 7) is 9.04. The molecule has 0 radical (unpaired) electrons. The quantitative estimate of drug-likeness (QED) is 0.893. The van der Waals surface area contributed by atoms with Crippen molar-refractivity contribution in [3.8, 4) is 0 Å². The van der Waals surface area contributed by atoms with Crippen LogP contribution in [-0.4, -0.2) is 18.1 Å². The number of piperidine rings is 1. The fourth-order valence-corrected chi connectivity index (χ4v) is 2.89. The van der Waals surface area contributed by atoms with E-state index in [-0.39, 0.29) is 6.04 Å². The van der Waals surface area contributed by atoms with Crippen molar-refractivity contribution in [3.63, 3.8) is 0 Å². The summed E-state index contributed by atoms with van der Waals surface area (Å²) in [5.41, 5.74) is 8.23. The molecule has 2 N–H and O–H groups in total. The average Bonchev–Trinajstić information content (AvgIpc) is 2.37. The lowest BCUT2D eigenvalue weighted by molar-refractivity contribution is 0.356. The van der Waals surface area contributed by atoms with E-state index in [0.29, 0.717) is 0 Å². The van der Waals surface area contributed by atoms with Crippen LogP contribution in [0.5, 0.6) is 0 Å². The molecule has 1 fully saturated rings. The molecule has 3 atom stereocenters. The molecule has 100 valence electrons. The van der Waals surface area contributed by atoms with Gasteiger partial charge < -0.3 is 10.6 Å². The third-order valence-corrected chi connectivity index (χ3v) is 3.82. The van der Waals surface area contributed by atoms with Gasteiger partial charge in [-0.25, -0.2) is 0 Å². The summed E-state index contributed by atoms with van der Waals surface area (Å²) >= 11 is 0. The van der Waals surface area contributed by atoms with E-state index in [1.54, 1.807) is 0 Å². The molecule has 1 aromatic rings. The molecule has 18 heavy (non-hydrogen) atoms. The monoisotopic (exact) mass is 247 g/mol. The summed E-state index contributed by atoms with van der Waals surface area (Å²) < 4.78 is 0. The molecule has 1 aromatic heterocycles. The van der Waals surface area contributed by atoms with E-state index in [2.05, 4.69) is 42.8 Å². The molecule has 0 bridgehead atoms. The van der Waals surface area contributed by atoms with Gasteiger partial charge in [0.1, 0.15) is 0 Å². The highest BCUT2D eigenvalue weighted by molar-refractivity contribution is 5.45. The molecule has 3 nitrogen and oxygen atoms in total. The van der Waals surface area contributed by atoms with Gasteiger partial charge in [0.25, 0.3) is 0 Å². The lowest BCUT2D eigenvalue weighted by Gasteiger charge is -2.36. The van der Waals surface area contributed by atoms with Crippen LogP contribution in [0.3, 0.4) is 0 Å². The summed E-state index contributed by atoms with van der Waals surface area (Å²) in [6.07, 6.45) is 4.25. The lowest BCUT2D eigenvalue weighted by Crippen LogP contribution is -2.38. The van der Waals surface area contributed by atoms with Crippen LogP contribution in [0.1, 0.15) is 45.3 Å². The van der Waals surface area contributed by atoms with Gasteiger partial charge in [-0.2, -0.15) is 0 Å². The second kappa shape index (κ2) is 5.70. The van der Waals surface area contributed by atoms with Crippen molar-refractivity contribution < 1.29 is 0 Å². The molecule has 1 aliphatic rings. The highest BCUT2D eigenvalue weighted by atomic mass is 15.1. The molecule has 0 spiro atoms. The molecule has 2 rings (SSSR count). The van der Waals surface area contributed by atoms with Crippen molar-refractivity contribution in [2.45, 2.75) is 39.7 Å². The van der Waals surface area contributed by atoms with Gasteiger partial charge in [-0.05, 0) is 36.8 Å². The molecule has 3 heteroatoms. The number of aromatic nitrogens is 1. The molecule has 0 aromatic carbocycles. The molecule has 0 amide bonds. The van der Waals surface area contributed by atoms with Gasteiger partial charge in [0, 0.05) is 19.1 Å². The van der Waals surface area contributed by atoms with Gasteiger partial charge in [-0.3, -0.25) is 4.98 Å². The van der Waals surface area contributed by atoms with Gasteiger partial charge in [-0.1, -0.05) is 20.8 Å². The zero-order valence-electron chi connectivity index (χ0n) is 11.8. The summed E-state index contributed by atoms with van der Waals surface area (Å²) in [5.74, 6) is 1.54. The Labute approximate surface area is 110 Å². The Morgan fingerprint density at radius 2 is 2.00 bits per heavy atom. The van der Waals surface area contributed by atoms with Crippen molar-refractivity contribution in [1.29, 1.82) is 0 Å². The van der Waals surface area contributed by atoms with E-state index in [1.807, 2.05) is 6.20 Å². The van der Waals surface area contributed by atoms with E-state index >= 15 is 0 Å². The van der Waals surface area contributed by atoms with E-state index < -0.39 is 0 Å². The maximum absolute atomic E-state index is 5.99. The van der Waals surface area contributed by atoms with Crippen LogP contribution in [0.15, 0.2) is 18.3 Å². The second-order valence-electron chi connectivity index (χ2n) is 5.81. The number of pyridine rings is 1. The number of nitrogens with zero attached hydrogens (tertiary/aromatic N) is 2. The summed E-state index contributed by atoms with van der Waals surface area (Å²) in [6, 6.07) is 4.31. The molecule has 0 saturated carbocycles. The Morgan fingerprint density at radius 1 is 1.33 bits per heavy atom. The van der Waals surface area contributed by atoms with Crippen molar-refractivity contribution in [3.05, 3.63) is 24.0 Å². The van der Waals surface area contributed by atoms with Gasteiger partial charge >= 0.3 is 0 Å².